The Kier molecular flexibility index (Phi) is 4.00. The molecular formula is C14H11ClN2O3. The minimum atomic E-state index is -1.21. The number of nitrogens with zero attached hydrogens (tertiary/aromatic N) is 2. The zero-order valence-corrected chi connectivity index (χ0v) is 11.3. The lowest BCUT2D eigenvalue weighted by molar-refractivity contribution is 0.0693. The maximum Gasteiger partial charge on any atom is 0.339 e. The zero-order chi connectivity index (χ0) is 14.7. The van der Waals surface area contributed by atoms with Gasteiger partial charge in [-0.15, -0.1) is 0 Å². The molecule has 2 N–H and O–H groups in total. The number of aromatic hydroxyl groups is 1. The summed E-state index contributed by atoms with van der Waals surface area (Å²) in [6, 6.07) is 9.57. The minimum absolute atomic E-state index is 0.199. The molecule has 0 aliphatic carbocycles. The second-order valence-corrected chi connectivity index (χ2v) is 4.58. The topological polar surface area (TPSA) is 82.2 Å². The van der Waals surface area contributed by atoms with Crippen molar-refractivity contribution in [3.8, 4) is 5.75 Å². The smallest absolute Gasteiger partial charge is 0.339 e. The largest absolute Gasteiger partial charge is 0.507 e. The molecule has 0 amide bonds. The van der Waals surface area contributed by atoms with Crippen molar-refractivity contribution >= 4 is 28.9 Å². The summed E-state index contributed by atoms with van der Waals surface area (Å²) in [5.74, 6) is -1.47. The molecule has 0 heterocycles. The first-order chi connectivity index (χ1) is 9.47. The Morgan fingerprint density at radius 1 is 1.10 bits per heavy atom. The zero-order valence-electron chi connectivity index (χ0n) is 10.5. The summed E-state index contributed by atoms with van der Waals surface area (Å²) >= 11 is 5.76. The molecule has 0 saturated carbocycles. The van der Waals surface area contributed by atoms with Gasteiger partial charge in [0.2, 0.25) is 0 Å². The molecule has 0 aliphatic heterocycles. The lowest BCUT2D eigenvalue weighted by Gasteiger charge is -2.04. The van der Waals surface area contributed by atoms with Gasteiger partial charge in [-0.05, 0) is 48.9 Å². The van der Waals surface area contributed by atoms with Crippen LogP contribution in [0.5, 0.6) is 5.75 Å². The summed E-state index contributed by atoms with van der Waals surface area (Å²) < 4.78 is 0. The highest BCUT2D eigenvalue weighted by atomic mass is 35.5. The average Bonchev–Trinajstić information content (AvgIpc) is 2.41. The predicted molar refractivity (Wildman–Crippen MR) is 75.4 cm³/mol. The highest BCUT2D eigenvalue weighted by Gasteiger charge is 2.13. The van der Waals surface area contributed by atoms with Crippen molar-refractivity contribution in [3.05, 3.63) is 52.5 Å². The van der Waals surface area contributed by atoms with E-state index in [1.807, 2.05) is 0 Å². The third kappa shape index (κ3) is 3.13. The van der Waals surface area contributed by atoms with E-state index in [4.69, 9.17) is 16.7 Å². The highest BCUT2D eigenvalue weighted by molar-refractivity contribution is 6.30. The van der Waals surface area contributed by atoms with Gasteiger partial charge in [0.1, 0.15) is 11.3 Å². The van der Waals surface area contributed by atoms with Gasteiger partial charge in [-0.2, -0.15) is 10.2 Å². The van der Waals surface area contributed by atoms with Gasteiger partial charge in [0.25, 0.3) is 0 Å². The van der Waals surface area contributed by atoms with E-state index in [0.717, 1.165) is 0 Å². The normalized spacial score (nSPS) is 10.9. The molecule has 102 valence electrons. The Balaban J connectivity index is 2.34. The Hall–Kier alpha value is -2.40. The van der Waals surface area contributed by atoms with E-state index < -0.39 is 5.97 Å². The molecule has 0 bridgehead atoms. The highest BCUT2D eigenvalue weighted by Crippen LogP contribution is 2.29. The van der Waals surface area contributed by atoms with Gasteiger partial charge in [0.15, 0.2) is 0 Å². The number of hydrogen-bond acceptors (Lipinski definition) is 4. The van der Waals surface area contributed by atoms with Gasteiger partial charge in [0, 0.05) is 5.02 Å². The Bertz CT molecular complexity index is 682. The van der Waals surface area contributed by atoms with E-state index in [9.17, 15) is 9.90 Å². The molecule has 20 heavy (non-hydrogen) atoms. The van der Waals surface area contributed by atoms with Crippen molar-refractivity contribution in [3.63, 3.8) is 0 Å². The molecular weight excluding hydrogens is 280 g/mol. The first-order valence-electron chi connectivity index (χ1n) is 5.71. The van der Waals surface area contributed by atoms with E-state index in [1.54, 1.807) is 37.3 Å². The van der Waals surface area contributed by atoms with E-state index in [-0.39, 0.29) is 11.3 Å². The lowest BCUT2D eigenvalue weighted by atomic mass is 10.1. The van der Waals surface area contributed by atoms with Crippen molar-refractivity contribution in [2.75, 3.05) is 0 Å². The number of carboxylic acid groups (broad SMARTS) is 1. The molecule has 0 aromatic heterocycles. The number of rotatable bonds is 3. The van der Waals surface area contributed by atoms with Crippen molar-refractivity contribution in [1.29, 1.82) is 0 Å². The molecule has 5 nitrogen and oxygen atoms in total. The number of carboxylic acids is 1. The number of aryl methyl sites for hydroxylation is 1. The van der Waals surface area contributed by atoms with Gasteiger partial charge >= 0.3 is 5.97 Å². The minimum Gasteiger partial charge on any atom is -0.507 e. The van der Waals surface area contributed by atoms with Crippen LogP contribution in [0.25, 0.3) is 0 Å². The van der Waals surface area contributed by atoms with Crippen LogP contribution >= 0.6 is 11.6 Å². The van der Waals surface area contributed by atoms with E-state index in [1.165, 1.54) is 6.07 Å². The number of benzene rings is 2. The molecule has 2 aromatic rings. The first-order valence-corrected chi connectivity index (χ1v) is 6.09. The Morgan fingerprint density at radius 3 is 2.30 bits per heavy atom. The van der Waals surface area contributed by atoms with Crippen LogP contribution in [0.3, 0.4) is 0 Å². The molecule has 0 unspecified atom stereocenters. The summed E-state index contributed by atoms with van der Waals surface area (Å²) in [6.45, 7) is 1.60. The maximum atomic E-state index is 11.0. The summed E-state index contributed by atoms with van der Waals surface area (Å²) in [5.41, 5.74) is 1.18. The van der Waals surface area contributed by atoms with Crippen LogP contribution in [-0.2, 0) is 0 Å². The molecule has 2 aromatic carbocycles. The quantitative estimate of drug-likeness (QED) is 0.818. The Labute approximate surface area is 120 Å². The molecule has 0 spiro atoms. The molecule has 0 atom stereocenters. The molecule has 0 radical (unpaired) electrons. The fourth-order valence-electron chi connectivity index (χ4n) is 1.60. The SMILES string of the molecule is Cc1cc(N=Nc2ccc(Cl)cc2)cc(C(=O)O)c1O. The van der Waals surface area contributed by atoms with Gasteiger partial charge in [0.05, 0.1) is 11.4 Å². The fraction of sp³-hybridized carbons (Fsp3) is 0.0714. The van der Waals surface area contributed by atoms with Crippen LogP contribution < -0.4 is 0 Å². The van der Waals surface area contributed by atoms with Gasteiger partial charge in [-0.25, -0.2) is 4.79 Å². The maximum absolute atomic E-state index is 11.0. The number of halogens is 1. The fourth-order valence-corrected chi connectivity index (χ4v) is 1.73. The number of phenols is 1. The first kappa shape index (κ1) is 14.0. The van der Waals surface area contributed by atoms with Crippen molar-refractivity contribution < 1.29 is 15.0 Å². The van der Waals surface area contributed by atoms with Crippen molar-refractivity contribution in [2.45, 2.75) is 6.92 Å². The van der Waals surface area contributed by atoms with Crippen LogP contribution in [0.1, 0.15) is 15.9 Å². The van der Waals surface area contributed by atoms with Crippen molar-refractivity contribution in [1.82, 2.24) is 0 Å². The van der Waals surface area contributed by atoms with Crippen LogP contribution in [0, 0.1) is 6.92 Å². The summed E-state index contributed by atoms with van der Waals surface area (Å²) in [4.78, 5) is 11.0. The standard InChI is InChI=1S/C14H11ClN2O3/c1-8-6-11(7-12(13(8)18)14(19)20)17-16-10-4-2-9(15)3-5-10/h2-7,18H,1H3,(H,19,20). The lowest BCUT2D eigenvalue weighted by Crippen LogP contribution is -1.97. The van der Waals surface area contributed by atoms with Crippen LogP contribution in [0.4, 0.5) is 11.4 Å². The summed E-state index contributed by atoms with van der Waals surface area (Å²) in [7, 11) is 0. The predicted octanol–water partition coefficient (Wildman–Crippen LogP) is 4.47. The number of azo groups is 1. The van der Waals surface area contributed by atoms with Gasteiger partial charge in [-0.1, -0.05) is 11.6 Å². The Morgan fingerprint density at radius 2 is 1.70 bits per heavy atom. The number of aromatic carboxylic acids is 1. The van der Waals surface area contributed by atoms with E-state index >= 15 is 0 Å². The third-order valence-electron chi connectivity index (χ3n) is 2.62. The van der Waals surface area contributed by atoms with Crippen LogP contribution in [-0.4, -0.2) is 16.2 Å². The summed E-state index contributed by atoms with van der Waals surface area (Å²) in [6.07, 6.45) is 0. The average molecular weight is 291 g/mol. The molecule has 0 aliphatic rings. The van der Waals surface area contributed by atoms with Crippen molar-refractivity contribution in [2.24, 2.45) is 10.2 Å². The molecule has 2 rings (SSSR count). The molecule has 0 fully saturated rings. The van der Waals surface area contributed by atoms with Gasteiger partial charge in [-0.3, -0.25) is 0 Å². The van der Waals surface area contributed by atoms with E-state index in [2.05, 4.69) is 10.2 Å². The second kappa shape index (κ2) is 5.71. The van der Waals surface area contributed by atoms with Gasteiger partial charge < -0.3 is 10.2 Å². The van der Waals surface area contributed by atoms with Crippen LogP contribution in [0.2, 0.25) is 5.02 Å². The third-order valence-corrected chi connectivity index (χ3v) is 2.88. The molecule has 0 saturated heterocycles. The number of hydrogen-bond donors (Lipinski definition) is 2. The number of carbonyl (C=O) groups is 1. The second-order valence-electron chi connectivity index (χ2n) is 4.14. The summed E-state index contributed by atoms with van der Waals surface area (Å²) in [5, 5.41) is 27.2. The van der Waals surface area contributed by atoms with Crippen LogP contribution in [0.15, 0.2) is 46.6 Å². The monoisotopic (exact) mass is 290 g/mol. The van der Waals surface area contributed by atoms with E-state index in [0.29, 0.717) is 22.0 Å². The molecule has 6 heteroatoms.